The van der Waals surface area contributed by atoms with Crippen LogP contribution >= 0.6 is 0 Å². The number of hydrogen-bond donors (Lipinski definition) is 0. The Bertz CT molecular complexity index is 84.0. The summed E-state index contributed by atoms with van der Waals surface area (Å²) in [5.41, 5.74) is 0. The Labute approximate surface area is 85.4 Å². The largest absolute Gasteiger partial charge is 0.103 e. The van der Waals surface area contributed by atoms with E-state index in [4.69, 9.17) is 0 Å². The highest BCUT2D eigenvalue weighted by atomic mass is 14.0. The van der Waals surface area contributed by atoms with Crippen molar-refractivity contribution >= 4 is 0 Å². The van der Waals surface area contributed by atoms with Crippen LogP contribution in [0.1, 0.15) is 64.7 Å². The molecule has 0 aliphatic heterocycles. The molecule has 0 atom stereocenters. The molecule has 0 saturated carbocycles. The molecular weight excluding hydrogens is 156 g/mol. The fourth-order valence-electron chi connectivity index (χ4n) is 1.42. The van der Waals surface area contributed by atoms with Crippen LogP contribution in [0.5, 0.6) is 0 Å². The van der Waals surface area contributed by atoms with Gasteiger partial charge in [0.05, 0.1) is 0 Å². The van der Waals surface area contributed by atoms with Gasteiger partial charge < -0.3 is 0 Å². The lowest BCUT2D eigenvalue weighted by Crippen LogP contribution is -1.79. The van der Waals surface area contributed by atoms with Gasteiger partial charge in [0.1, 0.15) is 0 Å². The zero-order valence-corrected chi connectivity index (χ0v) is 9.15. The maximum absolute atomic E-state index is 3.72. The quantitative estimate of drug-likeness (QED) is 0.354. The van der Waals surface area contributed by atoms with Crippen LogP contribution in [0.2, 0.25) is 0 Å². The molecule has 0 aromatic rings. The van der Waals surface area contributed by atoms with Crippen molar-refractivity contribution < 1.29 is 0 Å². The van der Waals surface area contributed by atoms with Crippen molar-refractivity contribution in [2.45, 2.75) is 64.7 Å². The highest BCUT2D eigenvalue weighted by Crippen LogP contribution is 2.09. The lowest BCUT2D eigenvalue weighted by Gasteiger charge is -1.99. The Morgan fingerprint density at radius 2 is 1.31 bits per heavy atom. The summed E-state index contributed by atoms with van der Waals surface area (Å²) in [6.45, 7) is 5.99. The molecule has 0 N–H and O–H groups in total. The molecule has 0 saturated heterocycles. The molecule has 0 nitrogen and oxygen atoms in total. The Kier molecular flexibility index (Phi) is 16.7. The molecule has 76 valence electrons. The topological polar surface area (TPSA) is 0 Å². The van der Waals surface area contributed by atoms with Crippen LogP contribution in [-0.2, 0) is 0 Å². The van der Waals surface area contributed by atoms with Crippen LogP contribution in [0, 0.1) is 7.43 Å². The van der Waals surface area contributed by atoms with Crippen molar-refractivity contribution in [1.82, 2.24) is 0 Å². The fourth-order valence-corrected chi connectivity index (χ4v) is 1.42. The van der Waals surface area contributed by atoms with E-state index < -0.39 is 0 Å². The van der Waals surface area contributed by atoms with Crippen molar-refractivity contribution in [1.29, 1.82) is 0 Å². The maximum atomic E-state index is 3.72. The van der Waals surface area contributed by atoms with E-state index in [1.807, 2.05) is 6.08 Å². The SMILES string of the molecule is C=CCCCCCCCCCC.[C]. The molecule has 0 fully saturated rings. The van der Waals surface area contributed by atoms with E-state index >= 15 is 0 Å². The van der Waals surface area contributed by atoms with Crippen molar-refractivity contribution in [3.63, 3.8) is 0 Å². The van der Waals surface area contributed by atoms with Gasteiger partial charge in [-0.25, -0.2) is 0 Å². The summed E-state index contributed by atoms with van der Waals surface area (Å²) in [5.74, 6) is 0. The van der Waals surface area contributed by atoms with Crippen LogP contribution in [0.25, 0.3) is 0 Å². The van der Waals surface area contributed by atoms with E-state index in [0.29, 0.717) is 0 Å². The van der Waals surface area contributed by atoms with Crippen LogP contribution in [-0.4, -0.2) is 0 Å². The lowest BCUT2D eigenvalue weighted by atomic mass is 10.1. The highest BCUT2D eigenvalue weighted by molar-refractivity contribution is 4.65. The zero-order chi connectivity index (χ0) is 9.07. The van der Waals surface area contributed by atoms with Gasteiger partial charge in [0.15, 0.2) is 0 Å². The second-order valence-corrected chi connectivity index (χ2v) is 3.55. The first-order valence-corrected chi connectivity index (χ1v) is 5.52. The molecule has 0 heteroatoms. The van der Waals surface area contributed by atoms with Gasteiger partial charge in [-0.3, -0.25) is 0 Å². The van der Waals surface area contributed by atoms with Gasteiger partial charge in [0.2, 0.25) is 0 Å². The predicted octanol–water partition coefficient (Wildman–Crippen LogP) is 4.78. The monoisotopic (exact) mass is 180 g/mol. The molecule has 0 unspecified atom stereocenters. The molecule has 0 aromatic carbocycles. The van der Waals surface area contributed by atoms with Gasteiger partial charge in [0, 0.05) is 7.43 Å². The van der Waals surface area contributed by atoms with E-state index in [1.54, 1.807) is 0 Å². The molecule has 0 bridgehead atoms. The summed E-state index contributed by atoms with van der Waals surface area (Å²) in [4.78, 5) is 0. The van der Waals surface area contributed by atoms with Gasteiger partial charge >= 0.3 is 0 Å². The van der Waals surface area contributed by atoms with Crippen molar-refractivity contribution in [3.05, 3.63) is 20.1 Å². The smallest absolute Gasteiger partial charge is 0 e. The van der Waals surface area contributed by atoms with Crippen molar-refractivity contribution in [3.8, 4) is 0 Å². The molecule has 0 spiro atoms. The first kappa shape index (κ1) is 15.2. The molecule has 0 heterocycles. The first-order valence-electron chi connectivity index (χ1n) is 5.52. The van der Waals surface area contributed by atoms with Gasteiger partial charge in [-0.1, -0.05) is 57.9 Å². The molecule has 0 amide bonds. The van der Waals surface area contributed by atoms with E-state index in [-0.39, 0.29) is 7.43 Å². The third-order valence-corrected chi connectivity index (χ3v) is 2.26. The lowest BCUT2D eigenvalue weighted by molar-refractivity contribution is 0.578. The Morgan fingerprint density at radius 3 is 1.77 bits per heavy atom. The van der Waals surface area contributed by atoms with Crippen molar-refractivity contribution in [2.75, 3.05) is 0 Å². The Hall–Kier alpha value is -0.260. The van der Waals surface area contributed by atoms with Crippen LogP contribution < -0.4 is 0 Å². The number of unbranched alkanes of at least 4 members (excludes halogenated alkanes) is 8. The molecule has 0 aliphatic rings. The Balaban J connectivity index is 0. The fraction of sp³-hybridized carbons (Fsp3) is 0.769. The van der Waals surface area contributed by atoms with Gasteiger partial charge in [-0.15, -0.1) is 6.58 Å². The third-order valence-electron chi connectivity index (χ3n) is 2.26. The molecule has 4 radical (unpaired) electrons. The molecule has 0 rings (SSSR count). The summed E-state index contributed by atoms with van der Waals surface area (Å²) in [7, 11) is 0. The van der Waals surface area contributed by atoms with E-state index in [1.165, 1.54) is 57.8 Å². The Morgan fingerprint density at radius 1 is 0.846 bits per heavy atom. The standard InChI is InChI=1S/C12H24.C/c1-3-5-7-9-11-12-10-8-6-4-2;/h3H,1,4-12H2,2H3;. The van der Waals surface area contributed by atoms with Gasteiger partial charge in [-0.05, 0) is 12.8 Å². The summed E-state index contributed by atoms with van der Waals surface area (Å²) in [5, 5.41) is 0. The number of allylic oxidation sites excluding steroid dienone is 1. The molecule has 0 aliphatic carbocycles. The molecule has 0 aromatic heterocycles. The summed E-state index contributed by atoms with van der Waals surface area (Å²) >= 11 is 0. The maximum Gasteiger partial charge on any atom is 0 e. The number of rotatable bonds is 9. The predicted molar refractivity (Wildman–Crippen MR) is 60.7 cm³/mol. The average molecular weight is 180 g/mol. The normalized spacial score (nSPS) is 9.31. The summed E-state index contributed by atoms with van der Waals surface area (Å²) in [6, 6.07) is 0. The van der Waals surface area contributed by atoms with Crippen LogP contribution in [0.3, 0.4) is 0 Å². The second-order valence-electron chi connectivity index (χ2n) is 3.55. The minimum Gasteiger partial charge on any atom is -0.103 e. The summed E-state index contributed by atoms with van der Waals surface area (Å²) < 4.78 is 0. The highest BCUT2D eigenvalue weighted by Gasteiger charge is 1.89. The van der Waals surface area contributed by atoms with Crippen LogP contribution in [0.15, 0.2) is 12.7 Å². The zero-order valence-electron chi connectivity index (χ0n) is 9.15. The molecular formula is C13H24. The third kappa shape index (κ3) is 14.6. The minimum absolute atomic E-state index is 0. The van der Waals surface area contributed by atoms with Gasteiger partial charge in [0.25, 0.3) is 0 Å². The van der Waals surface area contributed by atoms with Gasteiger partial charge in [-0.2, -0.15) is 0 Å². The van der Waals surface area contributed by atoms with E-state index in [0.717, 1.165) is 0 Å². The summed E-state index contributed by atoms with van der Waals surface area (Å²) in [6.07, 6.45) is 14.5. The van der Waals surface area contributed by atoms with Crippen molar-refractivity contribution in [2.24, 2.45) is 0 Å². The minimum atomic E-state index is 0. The number of hydrogen-bond acceptors (Lipinski definition) is 0. The molecule has 13 heavy (non-hydrogen) atoms. The average Bonchev–Trinajstić information content (AvgIpc) is 2.10. The second kappa shape index (κ2) is 14.3. The van der Waals surface area contributed by atoms with Crippen LogP contribution in [0.4, 0.5) is 0 Å². The van der Waals surface area contributed by atoms with E-state index in [9.17, 15) is 0 Å². The van der Waals surface area contributed by atoms with E-state index in [2.05, 4.69) is 13.5 Å². The first-order chi connectivity index (χ1) is 5.91.